The van der Waals surface area contributed by atoms with Gasteiger partial charge in [-0.25, -0.2) is 8.42 Å². The van der Waals surface area contributed by atoms with E-state index in [0.29, 0.717) is 12.1 Å². The summed E-state index contributed by atoms with van der Waals surface area (Å²) in [5, 5.41) is 2.86. The number of hydrogen-bond acceptors (Lipinski definition) is 4. The maximum Gasteiger partial charge on any atom is 0.251 e. The van der Waals surface area contributed by atoms with Gasteiger partial charge in [0.05, 0.1) is 11.4 Å². The van der Waals surface area contributed by atoms with Gasteiger partial charge in [-0.3, -0.25) is 4.79 Å². The minimum Gasteiger partial charge on any atom is -0.352 e. The minimum atomic E-state index is -3.70. The molecule has 2 rings (SSSR count). The summed E-state index contributed by atoms with van der Waals surface area (Å²) in [6.07, 6.45) is 11.1. The van der Waals surface area contributed by atoms with Crippen molar-refractivity contribution in [1.82, 2.24) is 14.9 Å². The molecule has 1 amide bonds. The number of sulfonamides is 1. The van der Waals surface area contributed by atoms with Gasteiger partial charge in [-0.15, -0.1) is 6.42 Å². The maximum absolute atomic E-state index is 12.3. The van der Waals surface area contributed by atoms with Crippen LogP contribution in [0, 0.1) is 12.3 Å². The highest BCUT2D eigenvalue weighted by Gasteiger charge is 2.15. The quantitative estimate of drug-likeness (QED) is 0.533. The molecule has 1 fully saturated rings. The lowest BCUT2D eigenvalue weighted by Gasteiger charge is -2.19. The smallest absolute Gasteiger partial charge is 0.251 e. The Morgan fingerprint density at radius 3 is 2.62 bits per heavy atom. The fourth-order valence-corrected chi connectivity index (χ4v) is 3.97. The molecule has 26 heavy (non-hydrogen) atoms. The molecule has 1 saturated heterocycles. The summed E-state index contributed by atoms with van der Waals surface area (Å²) in [4.78, 5) is 14.8. The Labute approximate surface area is 156 Å². The highest BCUT2D eigenvalue weighted by atomic mass is 32.2. The molecule has 0 saturated carbocycles. The Balaban J connectivity index is 1.83. The van der Waals surface area contributed by atoms with Gasteiger partial charge >= 0.3 is 0 Å². The van der Waals surface area contributed by atoms with Crippen LogP contribution >= 0.6 is 0 Å². The van der Waals surface area contributed by atoms with E-state index in [-0.39, 0.29) is 17.3 Å². The molecule has 2 N–H and O–H groups in total. The zero-order chi connectivity index (χ0) is 18.8. The third-order valence-corrected chi connectivity index (χ3v) is 5.81. The standard InChI is InChI=1S/C19H27N3O3S/c1-2-11-21-26(24,25)18-10-7-9-17(16-18)19(23)20-12-8-15-22-13-5-3-4-6-14-22/h1,7,9-10,16,21H,3-6,8,11-15H2,(H,20,23). The first-order valence-corrected chi connectivity index (χ1v) is 10.5. The number of carbonyl (C=O) groups excluding carboxylic acids is 1. The van der Waals surface area contributed by atoms with Gasteiger partial charge in [0.2, 0.25) is 10.0 Å². The third kappa shape index (κ3) is 6.45. The molecule has 0 spiro atoms. The van der Waals surface area contributed by atoms with E-state index < -0.39 is 10.0 Å². The van der Waals surface area contributed by atoms with E-state index in [4.69, 9.17) is 6.42 Å². The second-order valence-electron chi connectivity index (χ2n) is 6.42. The van der Waals surface area contributed by atoms with Crippen LogP contribution in [0.15, 0.2) is 29.2 Å². The van der Waals surface area contributed by atoms with Crippen LogP contribution in [0.5, 0.6) is 0 Å². The molecule has 0 aliphatic carbocycles. The highest BCUT2D eigenvalue weighted by molar-refractivity contribution is 7.89. The van der Waals surface area contributed by atoms with Crippen molar-refractivity contribution < 1.29 is 13.2 Å². The van der Waals surface area contributed by atoms with E-state index in [2.05, 4.69) is 20.9 Å². The lowest BCUT2D eigenvalue weighted by molar-refractivity contribution is 0.0951. The number of likely N-dealkylation sites (tertiary alicyclic amines) is 1. The summed E-state index contributed by atoms with van der Waals surface area (Å²) in [5.74, 6) is 1.95. The predicted molar refractivity (Wildman–Crippen MR) is 102 cm³/mol. The SMILES string of the molecule is C#CCNS(=O)(=O)c1cccc(C(=O)NCCCN2CCCCCC2)c1. The van der Waals surface area contributed by atoms with Crippen molar-refractivity contribution in [2.75, 3.05) is 32.7 Å². The predicted octanol–water partition coefficient (Wildman–Crippen LogP) is 1.59. The van der Waals surface area contributed by atoms with E-state index in [1.54, 1.807) is 12.1 Å². The van der Waals surface area contributed by atoms with Gasteiger partial charge in [0.1, 0.15) is 0 Å². The second-order valence-corrected chi connectivity index (χ2v) is 8.19. The van der Waals surface area contributed by atoms with E-state index >= 15 is 0 Å². The van der Waals surface area contributed by atoms with Crippen LogP contribution in [-0.4, -0.2) is 51.9 Å². The van der Waals surface area contributed by atoms with Gasteiger partial charge < -0.3 is 10.2 Å². The number of rotatable bonds is 8. The van der Waals surface area contributed by atoms with E-state index in [0.717, 1.165) is 26.1 Å². The van der Waals surface area contributed by atoms with Crippen LogP contribution < -0.4 is 10.0 Å². The first-order valence-electron chi connectivity index (χ1n) is 9.07. The Morgan fingerprint density at radius 1 is 1.19 bits per heavy atom. The number of nitrogens with one attached hydrogen (secondary N) is 2. The van der Waals surface area contributed by atoms with E-state index in [9.17, 15) is 13.2 Å². The fraction of sp³-hybridized carbons (Fsp3) is 0.526. The Hall–Kier alpha value is -1.88. The monoisotopic (exact) mass is 377 g/mol. The van der Waals surface area contributed by atoms with Gasteiger partial charge in [0.25, 0.3) is 5.91 Å². The lowest BCUT2D eigenvalue weighted by atomic mass is 10.2. The average Bonchev–Trinajstić information content (AvgIpc) is 2.92. The zero-order valence-electron chi connectivity index (χ0n) is 15.0. The summed E-state index contributed by atoms with van der Waals surface area (Å²) < 4.78 is 26.5. The van der Waals surface area contributed by atoms with Crippen LogP contribution in [0.25, 0.3) is 0 Å². The summed E-state index contributed by atoms with van der Waals surface area (Å²) >= 11 is 0. The Morgan fingerprint density at radius 2 is 1.92 bits per heavy atom. The number of carbonyl (C=O) groups is 1. The molecular weight excluding hydrogens is 350 g/mol. The van der Waals surface area contributed by atoms with Crippen molar-refractivity contribution in [2.45, 2.75) is 37.0 Å². The first kappa shape index (κ1) is 20.4. The number of benzene rings is 1. The van der Waals surface area contributed by atoms with Gasteiger partial charge in [-0.2, -0.15) is 4.72 Å². The van der Waals surface area contributed by atoms with Crippen LogP contribution in [0.3, 0.4) is 0 Å². The molecule has 1 aromatic carbocycles. The van der Waals surface area contributed by atoms with Crippen LogP contribution in [-0.2, 0) is 10.0 Å². The van der Waals surface area contributed by atoms with Crippen molar-refractivity contribution >= 4 is 15.9 Å². The van der Waals surface area contributed by atoms with Crippen LogP contribution in [0.2, 0.25) is 0 Å². The largest absolute Gasteiger partial charge is 0.352 e. The molecule has 1 aliphatic heterocycles. The topological polar surface area (TPSA) is 78.5 Å². The molecule has 0 radical (unpaired) electrons. The molecule has 1 aliphatic rings. The molecule has 7 heteroatoms. The minimum absolute atomic E-state index is 0.0324. The normalized spacial score (nSPS) is 15.8. The summed E-state index contributed by atoms with van der Waals surface area (Å²) in [5.41, 5.74) is 0.323. The van der Waals surface area contributed by atoms with Crippen molar-refractivity contribution in [2.24, 2.45) is 0 Å². The zero-order valence-corrected chi connectivity index (χ0v) is 15.9. The van der Waals surface area contributed by atoms with E-state index in [1.807, 2.05) is 0 Å². The third-order valence-electron chi connectivity index (χ3n) is 4.41. The number of amides is 1. The Kier molecular flexibility index (Phi) is 8.10. The van der Waals surface area contributed by atoms with Gasteiger partial charge in [0, 0.05) is 12.1 Å². The number of terminal acetylenes is 1. The molecular formula is C19H27N3O3S. The van der Waals surface area contributed by atoms with Gasteiger partial charge in [-0.05, 0) is 57.1 Å². The van der Waals surface area contributed by atoms with Crippen molar-refractivity contribution in [3.63, 3.8) is 0 Å². The molecule has 142 valence electrons. The number of nitrogens with zero attached hydrogens (tertiary/aromatic N) is 1. The first-order chi connectivity index (χ1) is 12.5. The fourth-order valence-electron chi connectivity index (χ4n) is 2.99. The second kappa shape index (κ2) is 10.3. The van der Waals surface area contributed by atoms with Crippen LogP contribution in [0.1, 0.15) is 42.5 Å². The van der Waals surface area contributed by atoms with E-state index in [1.165, 1.54) is 37.8 Å². The molecule has 1 aromatic rings. The molecule has 0 unspecified atom stereocenters. The van der Waals surface area contributed by atoms with Gasteiger partial charge in [-0.1, -0.05) is 24.8 Å². The van der Waals surface area contributed by atoms with Crippen molar-refractivity contribution in [3.05, 3.63) is 29.8 Å². The van der Waals surface area contributed by atoms with Crippen molar-refractivity contribution in [1.29, 1.82) is 0 Å². The molecule has 0 bridgehead atoms. The number of hydrogen-bond donors (Lipinski definition) is 2. The molecule has 1 heterocycles. The molecule has 0 atom stereocenters. The van der Waals surface area contributed by atoms with Crippen molar-refractivity contribution in [3.8, 4) is 12.3 Å². The Bertz CT molecular complexity index is 733. The average molecular weight is 378 g/mol. The van der Waals surface area contributed by atoms with Gasteiger partial charge in [0.15, 0.2) is 0 Å². The summed E-state index contributed by atoms with van der Waals surface area (Å²) in [6, 6.07) is 5.96. The summed E-state index contributed by atoms with van der Waals surface area (Å²) in [7, 11) is -3.70. The molecule has 6 nitrogen and oxygen atoms in total. The van der Waals surface area contributed by atoms with Crippen LogP contribution in [0.4, 0.5) is 0 Å². The maximum atomic E-state index is 12.3. The highest BCUT2D eigenvalue weighted by Crippen LogP contribution is 2.12. The lowest BCUT2D eigenvalue weighted by Crippen LogP contribution is -2.30. The summed E-state index contributed by atoms with van der Waals surface area (Å²) in [6.45, 7) is 3.73. The molecule has 0 aromatic heterocycles.